The van der Waals surface area contributed by atoms with Crippen molar-refractivity contribution in [2.75, 3.05) is 19.0 Å². The van der Waals surface area contributed by atoms with Crippen LogP contribution in [-0.2, 0) is 17.7 Å². The van der Waals surface area contributed by atoms with Crippen LogP contribution >= 0.6 is 11.3 Å². The van der Waals surface area contributed by atoms with Gasteiger partial charge in [-0.1, -0.05) is 0 Å². The molecule has 0 radical (unpaired) electrons. The van der Waals surface area contributed by atoms with E-state index in [2.05, 4.69) is 44.8 Å². The first-order valence-electron chi connectivity index (χ1n) is 7.48. The third-order valence-corrected chi connectivity index (χ3v) is 4.83. The second-order valence-electron chi connectivity index (χ2n) is 6.89. The number of carbonyl (C=O) groups is 1. The van der Waals surface area contributed by atoms with Gasteiger partial charge in [-0.2, -0.15) is 0 Å². The zero-order valence-corrected chi connectivity index (χ0v) is 14.7. The molecule has 1 aromatic rings. The van der Waals surface area contributed by atoms with Crippen molar-refractivity contribution in [1.82, 2.24) is 4.90 Å². The van der Waals surface area contributed by atoms with Crippen molar-refractivity contribution in [1.29, 1.82) is 0 Å². The van der Waals surface area contributed by atoms with Crippen LogP contribution in [0.5, 0.6) is 0 Å². The molecule has 1 aliphatic heterocycles. The molecule has 0 saturated carbocycles. The number of methoxy groups -OCH3 is 1. The lowest BCUT2D eigenvalue weighted by Gasteiger charge is -2.30. The first kappa shape index (κ1) is 16.3. The molecule has 0 bridgehead atoms. The van der Waals surface area contributed by atoms with E-state index in [9.17, 15) is 4.79 Å². The lowest BCUT2D eigenvalue weighted by atomic mass is 10.0. The highest BCUT2D eigenvalue weighted by atomic mass is 32.1. The second kappa shape index (κ2) is 5.97. The van der Waals surface area contributed by atoms with Crippen LogP contribution in [-0.4, -0.2) is 36.1 Å². The normalized spacial score (nSPS) is 16.0. The average Bonchev–Trinajstić information content (AvgIpc) is 2.72. The van der Waals surface area contributed by atoms with Crippen LogP contribution in [0.2, 0.25) is 0 Å². The lowest BCUT2D eigenvalue weighted by Crippen LogP contribution is -2.35. The number of nitrogens with one attached hydrogen (secondary N) is 1. The molecule has 0 unspecified atom stereocenters. The first-order valence-corrected chi connectivity index (χ1v) is 8.29. The van der Waals surface area contributed by atoms with E-state index in [1.165, 1.54) is 17.6 Å². The largest absolute Gasteiger partial charge is 0.465 e. The number of hydrogen-bond donors (Lipinski definition) is 1. The molecule has 2 heterocycles. The molecule has 1 aliphatic rings. The van der Waals surface area contributed by atoms with Crippen molar-refractivity contribution in [3.8, 4) is 0 Å². The summed E-state index contributed by atoms with van der Waals surface area (Å²) in [5, 5.41) is 4.41. The minimum Gasteiger partial charge on any atom is -0.465 e. The molecule has 0 amide bonds. The molecular formula is C16H26N2O2S. The highest BCUT2D eigenvalue weighted by Gasteiger charge is 2.30. The molecule has 0 aliphatic carbocycles. The number of carbonyl (C=O) groups excluding carboxylic acids is 1. The smallest absolute Gasteiger partial charge is 0.341 e. The highest BCUT2D eigenvalue weighted by Crippen LogP contribution is 2.39. The van der Waals surface area contributed by atoms with Crippen LogP contribution in [0.3, 0.4) is 0 Å². The molecule has 5 heteroatoms. The van der Waals surface area contributed by atoms with Crippen molar-refractivity contribution in [2.24, 2.45) is 0 Å². The van der Waals surface area contributed by atoms with Gasteiger partial charge in [-0.3, -0.25) is 4.90 Å². The minimum atomic E-state index is -0.225. The van der Waals surface area contributed by atoms with E-state index in [4.69, 9.17) is 4.74 Å². The van der Waals surface area contributed by atoms with Gasteiger partial charge in [0.2, 0.25) is 0 Å². The van der Waals surface area contributed by atoms with Gasteiger partial charge in [0.05, 0.1) is 12.7 Å². The number of hydrogen-bond acceptors (Lipinski definition) is 5. The summed E-state index contributed by atoms with van der Waals surface area (Å²) >= 11 is 1.70. The van der Waals surface area contributed by atoms with Gasteiger partial charge >= 0.3 is 5.97 Å². The number of nitrogens with zero attached hydrogens (tertiary/aromatic N) is 1. The fraction of sp³-hybridized carbons (Fsp3) is 0.688. The van der Waals surface area contributed by atoms with E-state index < -0.39 is 0 Å². The van der Waals surface area contributed by atoms with Crippen LogP contribution in [0, 0.1) is 0 Å². The van der Waals surface area contributed by atoms with E-state index in [1.807, 2.05) is 0 Å². The number of thiophene rings is 1. The molecule has 1 aromatic heterocycles. The molecule has 0 atom stereocenters. The molecule has 0 saturated heterocycles. The van der Waals surface area contributed by atoms with Crippen LogP contribution in [0.1, 0.15) is 55.4 Å². The van der Waals surface area contributed by atoms with Gasteiger partial charge in [0, 0.05) is 29.5 Å². The molecule has 2 rings (SSSR count). The maximum atomic E-state index is 12.2. The van der Waals surface area contributed by atoms with Gasteiger partial charge in [-0.15, -0.1) is 11.3 Å². The van der Waals surface area contributed by atoms with E-state index in [0.717, 1.165) is 30.1 Å². The van der Waals surface area contributed by atoms with Gasteiger partial charge in [0.1, 0.15) is 5.00 Å². The van der Waals surface area contributed by atoms with Crippen LogP contribution in [0.15, 0.2) is 0 Å². The van der Waals surface area contributed by atoms with Gasteiger partial charge in [-0.05, 0) is 46.6 Å². The number of ether oxygens (including phenoxy) is 1. The lowest BCUT2D eigenvalue weighted by molar-refractivity contribution is 0.0600. The summed E-state index contributed by atoms with van der Waals surface area (Å²) in [5.74, 6) is -0.225. The Labute approximate surface area is 131 Å². The Morgan fingerprint density at radius 3 is 2.57 bits per heavy atom. The molecule has 21 heavy (non-hydrogen) atoms. The zero-order valence-electron chi connectivity index (χ0n) is 13.9. The van der Waals surface area contributed by atoms with Crippen LogP contribution in [0.25, 0.3) is 0 Å². The summed E-state index contributed by atoms with van der Waals surface area (Å²) in [6.07, 6.45) is 0.917. The predicted molar refractivity (Wildman–Crippen MR) is 88.3 cm³/mol. The molecule has 4 nitrogen and oxygen atoms in total. The Bertz CT molecular complexity index is 529. The Morgan fingerprint density at radius 1 is 1.38 bits per heavy atom. The maximum Gasteiger partial charge on any atom is 0.341 e. The van der Waals surface area contributed by atoms with Crippen molar-refractivity contribution >= 4 is 22.3 Å². The monoisotopic (exact) mass is 310 g/mol. The third kappa shape index (κ3) is 3.58. The van der Waals surface area contributed by atoms with E-state index in [0.29, 0.717) is 6.04 Å². The minimum absolute atomic E-state index is 0.0754. The topological polar surface area (TPSA) is 41.6 Å². The van der Waals surface area contributed by atoms with E-state index in [1.54, 1.807) is 11.3 Å². The van der Waals surface area contributed by atoms with Crippen LogP contribution in [0.4, 0.5) is 5.00 Å². The molecule has 1 N–H and O–H groups in total. The Balaban J connectivity index is 2.40. The summed E-state index contributed by atoms with van der Waals surface area (Å²) < 4.78 is 5.00. The van der Waals surface area contributed by atoms with Crippen molar-refractivity contribution in [3.05, 3.63) is 16.0 Å². The molecule has 118 valence electrons. The number of esters is 1. The Morgan fingerprint density at radius 2 is 2.05 bits per heavy atom. The van der Waals surface area contributed by atoms with E-state index >= 15 is 0 Å². The van der Waals surface area contributed by atoms with Crippen molar-refractivity contribution in [2.45, 2.75) is 59.2 Å². The third-order valence-electron chi connectivity index (χ3n) is 3.69. The fourth-order valence-electron chi connectivity index (χ4n) is 2.61. The second-order valence-corrected chi connectivity index (χ2v) is 7.99. The van der Waals surface area contributed by atoms with Gasteiger partial charge in [0.25, 0.3) is 0 Å². The standard InChI is InChI=1S/C16H26N2O2S/c1-10(2)18-8-7-11-12(9-18)21-14(17-16(3,4)5)13(11)15(19)20-6/h10,17H,7-9H2,1-6H3. The molecular weight excluding hydrogens is 284 g/mol. The Hall–Kier alpha value is -1.07. The Kier molecular flexibility index (Phi) is 4.63. The summed E-state index contributed by atoms with van der Waals surface area (Å²) in [6, 6.07) is 0.529. The average molecular weight is 310 g/mol. The molecule has 0 fully saturated rings. The summed E-state index contributed by atoms with van der Waals surface area (Å²) in [5.41, 5.74) is 1.85. The van der Waals surface area contributed by atoms with Crippen molar-refractivity contribution in [3.63, 3.8) is 0 Å². The SMILES string of the molecule is COC(=O)c1c(NC(C)(C)C)sc2c1CCN(C(C)C)C2. The summed E-state index contributed by atoms with van der Waals surface area (Å²) in [6.45, 7) is 12.7. The quantitative estimate of drug-likeness (QED) is 0.868. The first-order chi connectivity index (χ1) is 9.73. The number of anilines is 1. The highest BCUT2D eigenvalue weighted by molar-refractivity contribution is 7.16. The predicted octanol–water partition coefficient (Wildman–Crippen LogP) is 3.51. The number of rotatable bonds is 3. The zero-order chi connectivity index (χ0) is 15.8. The molecule has 0 spiro atoms. The van der Waals surface area contributed by atoms with Crippen LogP contribution < -0.4 is 5.32 Å². The summed E-state index contributed by atoms with van der Waals surface area (Å²) in [4.78, 5) is 15.9. The van der Waals surface area contributed by atoms with Crippen molar-refractivity contribution < 1.29 is 9.53 Å². The molecule has 0 aromatic carbocycles. The van der Waals surface area contributed by atoms with Gasteiger partial charge in [0.15, 0.2) is 0 Å². The fourth-order valence-corrected chi connectivity index (χ4v) is 4.08. The number of fused-ring (bicyclic) bond motifs is 1. The van der Waals surface area contributed by atoms with Gasteiger partial charge < -0.3 is 10.1 Å². The van der Waals surface area contributed by atoms with Gasteiger partial charge in [-0.25, -0.2) is 4.79 Å². The van der Waals surface area contributed by atoms with E-state index in [-0.39, 0.29) is 11.5 Å². The maximum absolute atomic E-state index is 12.2. The summed E-state index contributed by atoms with van der Waals surface area (Å²) in [7, 11) is 1.45.